The van der Waals surface area contributed by atoms with Crippen molar-refractivity contribution in [3.63, 3.8) is 0 Å². The molecule has 6 nitrogen and oxygen atoms in total. The summed E-state index contributed by atoms with van der Waals surface area (Å²) in [7, 11) is 1.59. The monoisotopic (exact) mass is 460 g/mol. The summed E-state index contributed by atoms with van der Waals surface area (Å²) in [6, 6.07) is 9.47. The van der Waals surface area contributed by atoms with E-state index >= 15 is 0 Å². The number of hydrogen-bond acceptors (Lipinski definition) is 6. The van der Waals surface area contributed by atoms with E-state index in [1.165, 1.54) is 21.6 Å². The Kier molecular flexibility index (Phi) is 4.98. The first-order valence-corrected chi connectivity index (χ1v) is 10.4. The van der Waals surface area contributed by atoms with Gasteiger partial charge in [-0.1, -0.05) is 12.1 Å². The van der Waals surface area contributed by atoms with Gasteiger partial charge in [0.2, 0.25) is 5.17 Å². The van der Waals surface area contributed by atoms with E-state index in [0.717, 1.165) is 15.1 Å². The van der Waals surface area contributed by atoms with E-state index in [1.807, 2.05) is 29.6 Å². The summed E-state index contributed by atoms with van der Waals surface area (Å²) in [6.45, 7) is 0. The number of amides is 1. The maximum Gasteiger partial charge on any atom is 0.283 e. The number of aliphatic imine (C=N–C) groups is 1. The van der Waals surface area contributed by atoms with Crippen LogP contribution in [0.1, 0.15) is 10.4 Å². The fourth-order valence-corrected chi connectivity index (χ4v) is 4.87. The number of nitrogens with zero attached hydrogens (tertiary/aromatic N) is 3. The number of hydrogen-bond donors (Lipinski definition) is 1. The van der Waals surface area contributed by atoms with E-state index in [0.29, 0.717) is 17.3 Å². The van der Waals surface area contributed by atoms with Gasteiger partial charge in [0.1, 0.15) is 10.8 Å². The number of ether oxygens (including phenoxy) is 1. The van der Waals surface area contributed by atoms with Crippen molar-refractivity contribution in [3.8, 4) is 5.75 Å². The van der Waals surface area contributed by atoms with Gasteiger partial charge in [-0.3, -0.25) is 10.2 Å². The van der Waals surface area contributed by atoms with Crippen LogP contribution in [0.3, 0.4) is 0 Å². The van der Waals surface area contributed by atoms with Crippen LogP contribution in [0, 0.1) is 5.41 Å². The van der Waals surface area contributed by atoms with Crippen LogP contribution in [-0.2, 0) is 11.2 Å². The molecule has 27 heavy (non-hydrogen) atoms. The number of thioether (sulfide) groups is 1. The number of benzene rings is 1. The van der Waals surface area contributed by atoms with Gasteiger partial charge in [0.25, 0.3) is 5.91 Å². The molecule has 0 saturated heterocycles. The molecule has 0 aliphatic carbocycles. The molecule has 4 rings (SSSR count). The molecule has 0 saturated carbocycles. The van der Waals surface area contributed by atoms with Gasteiger partial charge in [-0.15, -0.1) is 11.3 Å². The summed E-state index contributed by atoms with van der Waals surface area (Å²) in [6.07, 6.45) is 2.32. The molecule has 0 fully saturated rings. The normalized spacial score (nSPS) is 17.9. The van der Waals surface area contributed by atoms with Gasteiger partial charge in [-0.2, -0.15) is 15.1 Å². The Morgan fingerprint density at radius 2 is 2.22 bits per heavy atom. The number of nitrogens with one attached hydrogen (secondary N) is 1. The summed E-state index contributed by atoms with van der Waals surface area (Å²) in [5.41, 5.74) is 0.974. The van der Waals surface area contributed by atoms with Crippen molar-refractivity contribution in [2.75, 3.05) is 7.11 Å². The summed E-state index contributed by atoms with van der Waals surface area (Å²) in [5.74, 6) is 0.296. The maximum atomic E-state index is 12.5. The number of carbonyl (C=O) groups excluding carboxylic acids is 1. The molecular formula is C18H13BrN4O2S2. The number of fused-ring (bicyclic) bond motifs is 1. The van der Waals surface area contributed by atoms with E-state index in [2.05, 4.69) is 26.0 Å². The minimum Gasteiger partial charge on any atom is -0.496 e. The summed E-state index contributed by atoms with van der Waals surface area (Å²) >= 11 is 6.42. The fraction of sp³-hybridized carbons (Fsp3) is 0.111. The van der Waals surface area contributed by atoms with Crippen LogP contribution in [-0.4, -0.2) is 34.1 Å². The van der Waals surface area contributed by atoms with Crippen molar-refractivity contribution in [2.24, 2.45) is 10.1 Å². The van der Waals surface area contributed by atoms with Crippen molar-refractivity contribution >= 4 is 67.1 Å². The first-order valence-electron chi connectivity index (χ1n) is 7.90. The minimum atomic E-state index is -0.432. The van der Waals surface area contributed by atoms with E-state index in [1.54, 1.807) is 30.6 Å². The van der Waals surface area contributed by atoms with E-state index in [4.69, 9.17) is 10.1 Å². The molecule has 2 aliphatic heterocycles. The number of hydrazone groups is 1. The van der Waals surface area contributed by atoms with E-state index in [-0.39, 0.29) is 11.4 Å². The van der Waals surface area contributed by atoms with E-state index < -0.39 is 5.91 Å². The molecule has 9 heteroatoms. The minimum absolute atomic E-state index is 0.0330. The third-order valence-corrected chi connectivity index (χ3v) is 6.29. The van der Waals surface area contributed by atoms with Gasteiger partial charge in [0.15, 0.2) is 5.84 Å². The second-order valence-corrected chi connectivity index (χ2v) is 8.59. The first kappa shape index (κ1) is 18.1. The van der Waals surface area contributed by atoms with Gasteiger partial charge in [0, 0.05) is 11.3 Å². The maximum absolute atomic E-state index is 12.5. The predicted molar refractivity (Wildman–Crippen MR) is 114 cm³/mol. The zero-order chi connectivity index (χ0) is 19.0. The lowest BCUT2D eigenvalue weighted by Crippen LogP contribution is -2.35. The first-order chi connectivity index (χ1) is 13.0. The van der Waals surface area contributed by atoms with Crippen LogP contribution < -0.4 is 4.74 Å². The summed E-state index contributed by atoms with van der Waals surface area (Å²) < 4.78 is 5.99. The molecule has 3 heterocycles. The zero-order valence-corrected chi connectivity index (χ0v) is 17.3. The largest absolute Gasteiger partial charge is 0.496 e. The summed E-state index contributed by atoms with van der Waals surface area (Å²) in [4.78, 5) is 17.8. The molecule has 0 radical (unpaired) electrons. The smallest absolute Gasteiger partial charge is 0.283 e. The zero-order valence-electron chi connectivity index (χ0n) is 14.1. The lowest BCUT2D eigenvalue weighted by molar-refractivity contribution is -0.114. The molecular weight excluding hydrogens is 448 g/mol. The third-order valence-electron chi connectivity index (χ3n) is 3.89. The molecule has 2 aliphatic rings. The highest BCUT2D eigenvalue weighted by Gasteiger charge is 2.35. The van der Waals surface area contributed by atoms with Crippen LogP contribution in [0.15, 0.2) is 55.9 Å². The van der Waals surface area contributed by atoms with Crippen LogP contribution in [0.5, 0.6) is 5.75 Å². The standard InChI is InChI=1S/C18H13BrN4O2S2/c1-25-14-5-4-10(8-13(14)19)7-12-16(20)23-18(21-17(12)24)27-15(22-23)9-11-3-2-6-26-11/h2-8,20H,9H2,1H3/b12-7-,20-16?. The van der Waals surface area contributed by atoms with Crippen molar-refractivity contribution in [3.05, 3.63) is 56.2 Å². The van der Waals surface area contributed by atoms with Gasteiger partial charge in [-0.25, -0.2) is 0 Å². The SMILES string of the molecule is COc1ccc(/C=C2/C(=N)N3N=C(Cc4cccs4)SC3=NC2=O)cc1Br. The number of halogens is 1. The highest BCUT2D eigenvalue weighted by molar-refractivity contribution is 9.10. The second-order valence-electron chi connectivity index (χ2n) is 5.66. The Hall–Kier alpha value is -2.23. The Morgan fingerprint density at radius 3 is 2.93 bits per heavy atom. The van der Waals surface area contributed by atoms with Crippen molar-refractivity contribution in [2.45, 2.75) is 6.42 Å². The Morgan fingerprint density at radius 1 is 1.37 bits per heavy atom. The number of thiophene rings is 1. The number of carbonyl (C=O) groups is 1. The molecule has 0 bridgehead atoms. The molecule has 1 amide bonds. The highest BCUT2D eigenvalue weighted by atomic mass is 79.9. The molecule has 136 valence electrons. The number of methoxy groups -OCH3 is 1. The number of amidine groups is 2. The van der Waals surface area contributed by atoms with E-state index in [9.17, 15) is 4.79 Å². The second kappa shape index (κ2) is 7.41. The Labute approximate surface area is 172 Å². The molecule has 0 spiro atoms. The number of rotatable bonds is 4. The molecule has 1 aromatic heterocycles. The third kappa shape index (κ3) is 3.62. The lowest BCUT2D eigenvalue weighted by Gasteiger charge is -2.20. The van der Waals surface area contributed by atoms with Gasteiger partial charge >= 0.3 is 0 Å². The van der Waals surface area contributed by atoms with Gasteiger partial charge < -0.3 is 4.74 Å². The molecule has 1 N–H and O–H groups in total. The van der Waals surface area contributed by atoms with Crippen molar-refractivity contribution in [1.82, 2.24) is 5.01 Å². The lowest BCUT2D eigenvalue weighted by atomic mass is 10.1. The molecule has 0 atom stereocenters. The average Bonchev–Trinajstić information content (AvgIpc) is 3.29. The van der Waals surface area contributed by atoms with Gasteiger partial charge in [-0.05, 0) is 62.9 Å². The summed E-state index contributed by atoms with van der Waals surface area (Å²) in [5, 5.41) is 17.6. The highest BCUT2D eigenvalue weighted by Crippen LogP contribution is 2.31. The fourth-order valence-electron chi connectivity index (χ4n) is 2.60. The quantitative estimate of drug-likeness (QED) is 0.686. The molecule has 2 aromatic rings. The molecule has 0 unspecified atom stereocenters. The van der Waals surface area contributed by atoms with Crippen molar-refractivity contribution in [1.29, 1.82) is 5.41 Å². The Bertz CT molecular complexity index is 1030. The molecule has 1 aromatic carbocycles. The van der Waals surface area contributed by atoms with Gasteiger partial charge in [0.05, 0.1) is 17.2 Å². The van der Waals surface area contributed by atoms with Crippen LogP contribution in [0.4, 0.5) is 0 Å². The van der Waals surface area contributed by atoms with Crippen LogP contribution in [0.2, 0.25) is 0 Å². The van der Waals surface area contributed by atoms with Crippen LogP contribution in [0.25, 0.3) is 6.08 Å². The average molecular weight is 461 g/mol. The predicted octanol–water partition coefficient (Wildman–Crippen LogP) is 4.38. The van der Waals surface area contributed by atoms with Crippen LogP contribution >= 0.6 is 39.0 Å². The van der Waals surface area contributed by atoms with Crippen molar-refractivity contribution < 1.29 is 9.53 Å². The Balaban J connectivity index is 1.62. The topological polar surface area (TPSA) is 78.1 Å².